The molecule has 0 bridgehead atoms. The average Bonchev–Trinajstić information content (AvgIpc) is 2.38. The molecule has 2 unspecified atom stereocenters. The summed E-state index contributed by atoms with van der Waals surface area (Å²) in [6.45, 7) is 5.22. The molecule has 0 aliphatic carbocycles. The summed E-state index contributed by atoms with van der Waals surface area (Å²) in [6.07, 6.45) is 0.787. The molecule has 108 valence electrons. The molecule has 0 fully saturated rings. The third-order valence-corrected chi connectivity index (χ3v) is 3.42. The number of nitrogens with zero attached hydrogens (tertiary/aromatic N) is 2. The minimum Gasteiger partial charge on any atom is -0.388 e. The van der Waals surface area contributed by atoms with E-state index >= 15 is 0 Å². The van der Waals surface area contributed by atoms with Crippen LogP contribution >= 0.6 is 0 Å². The number of benzene rings is 1. The second-order valence-corrected chi connectivity index (χ2v) is 5.75. The first kappa shape index (κ1) is 16.2. The van der Waals surface area contributed by atoms with Gasteiger partial charge in [-0.15, -0.1) is 0 Å². The highest BCUT2D eigenvalue weighted by Gasteiger charge is 2.17. The molecular weight excluding hydrogens is 236 g/mol. The van der Waals surface area contributed by atoms with Crippen molar-refractivity contribution in [2.75, 3.05) is 40.8 Å². The van der Waals surface area contributed by atoms with Crippen molar-refractivity contribution in [2.24, 2.45) is 5.92 Å². The Morgan fingerprint density at radius 3 is 2.26 bits per heavy atom. The quantitative estimate of drug-likeness (QED) is 0.780. The molecule has 3 nitrogen and oxygen atoms in total. The second kappa shape index (κ2) is 8.31. The maximum absolute atomic E-state index is 10.3. The van der Waals surface area contributed by atoms with E-state index in [2.05, 4.69) is 37.9 Å². The molecule has 2 atom stereocenters. The summed E-state index contributed by atoms with van der Waals surface area (Å²) in [5.41, 5.74) is 1.01. The van der Waals surface area contributed by atoms with Gasteiger partial charge in [0.2, 0.25) is 0 Å². The third-order valence-electron chi connectivity index (χ3n) is 3.42. The Hall–Kier alpha value is -0.900. The van der Waals surface area contributed by atoms with Gasteiger partial charge in [0.25, 0.3) is 0 Å². The van der Waals surface area contributed by atoms with Crippen LogP contribution in [0, 0.1) is 5.92 Å². The summed E-state index contributed by atoms with van der Waals surface area (Å²) in [6, 6.07) is 9.92. The van der Waals surface area contributed by atoms with Gasteiger partial charge in [-0.2, -0.15) is 0 Å². The molecule has 0 aliphatic rings. The van der Waals surface area contributed by atoms with Gasteiger partial charge in [0.15, 0.2) is 0 Å². The summed E-state index contributed by atoms with van der Waals surface area (Å²) in [5, 5.41) is 10.3. The molecule has 0 aromatic heterocycles. The van der Waals surface area contributed by atoms with Crippen molar-refractivity contribution < 1.29 is 5.11 Å². The van der Waals surface area contributed by atoms with E-state index in [1.807, 2.05) is 30.3 Å². The van der Waals surface area contributed by atoms with Crippen molar-refractivity contribution in [3.8, 4) is 0 Å². The minimum absolute atomic E-state index is 0.242. The van der Waals surface area contributed by atoms with Crippen LogP contribution in [0.4, 0.5) is 0 Å². The SMILES string of the molecule is CC(CN(C)CCCN(C)C)C(O)c1ccccc1. The van der Waals surface area contributed by atoms with E-state index in [0.717, 1.165) is 31.6 Å². The molecule has 0 spiro atoms. The molecule has 0 heterocycles. The zero-order chi connectivity index (χ0) is 14.3. The lowest BCUT2D eigenvalue weighted by Crippen LogP contribution is -2.30. The molecule has 0 radical (unpaired) electrons. The summed E-state index contributed by atoms with van der Waals surface area (Å²) in [4.78, 5) is 4.51. The smallest absolute Gasteiger partial charge is 0.0827 e. The lowest BCUT2D eigenvalue weighted by Gasteiger charge is -2.25. The number of aliphatic hydroxyl groups is 1. The lowest BCUT2D eigenvalue weighted by atomic mass is 9.97. The van der Waals surface area contributed by atoms with Gasteiger partial charge in [0.05, 0.1) is 6.10 Å². The van der Waals surface area contributed by atoms with E-state index in [0.29, 0.717) is 0 Å². The number of aliphatic hydroxyl groups excluding tert-OH is 1. The van der Waals surface area contributed by atoms with Crippen molar-refractivity contribution in [1.29, 1.82) is 0 Å². The molecule has 19 heavy (non-hydrogen) atoms. The second-order valence-electron chi connectivity index (χ2n) is 5.75. The Morgan fingerprint density at radius 1 is 1.05 bits per heavy atom. The zero-order valence-electron chi connectivity index (χ0n) is 12.7. The fourth-order valence-electron chi connectivity index (χ4n) is 2.32. The molecule has 0 saturated heterocycles. The summed E-state index contributed by atoms with van der Waals surface area (Å²) >= 11 is 0. The van der Waals surface area contributed by atoms with Crippen molar-refractivity contribution in [2.45, 2.75) is 19.4 Å². The van der Waals surface area contributed by atoms with Crippen LogP contribution in [0.2, 0.25) is 0 Å². The van der Waals surface area contributed by atoms with Crippen molar-refractivity contribution in [3.05, 3.63) is 35.9 Å². The maximum atomic E-state index is 10.3. The zero-order valence-corrected chi connectivity index (χ0v) is 12.7. The average molecular weight is 264 g/mol. The van der Waals surface area contributed by atoms with E-state index < -0.39 is 0 Å². The Labute approximate surface area is 117 Å². The van der Waals surface area contributed by atoms with Crippen LogP contribution in [-0.4, -0.2) is 55.7 Å². The molecule has 1 rings (SSSR count). The minimum atomic E-state index is -0.377. The van der Waals surface area contributed by atoms with Crippen molar-refractivity contribution in [3.63, 3.8) is 0 Å². The van der Waals surface area contributed by atoms with E-state index in [4.69, 9.17) is 0 Å². The summed E-state index contributed by atoms with van der Waals surface area (Å²) in [5.74, 6) is 0.242. The molecule has 3 heteroatoms. The highest BCUT2D eigenvalue weighted by Crippen LogP contribution is 2.21. The molecular formula is C16H28N2O. The van der Waals surface area contributed by atoms with Crippen LogP contribution in [0.5, 0.6) is 0 Å². The van der Waals surface area contributed by atoms with Crippen molar-refractivity contribution >= 4 is 0 Å². The predicted molar refractivity (Wildman–Crippen MR) is 81.2 cm³/mol. The molecule has 0 saturated carbocycles. The Morgan fingerprint density at radius 2 is 1.68 bits per heavy atom. The van der Waals surface area contributed by atoms with Gasteiger partial charge in [0, 0.05) is 6.54 Å². The summed E-state index contributed by atoms with van der Waals surface area (Å²) in [7, 11) is 6.33. The van der Waals surface area contributed by atoms with Gasteiger partial charge >= 0.3 is 0 Å². The van der Waals surface area contributed by atoms with Crippen LogP contribution in [0.25, 0.3) is 0 Å². The Bertz CT molecular complexity index is 340. The first-order valence-electron chi connectivity index (χ1n) is 7.07. The topological polar surface area (TPSA) is 26.7 Å². The standard InChI is InChI=1S/C16H28N2O/c1-14(13-18(4)12-8-11-17(2)3)16(19)15-9-6-5-7-10-15/h5-7,9-10,14,16,19H,8,11-13H2,1-4H3. The van der Waals surface area contributed by atoms with E-state index in [-0.39, 0.29) is 12.0 Å². The monoisotopic (exact) mass is 264 g/mol. The van der Waals surface area contributed by atoms with Gasteiger partial charge < -0.3 is 14.9 Å². The van der Waals surface area contributed by atoms with Crippen LogP contribution < -0.4 is 0 Å². The van der Waals surface area contributed by atoms with Crippen LogP contribution in [0.3, 0.4) is 0 Å². The van der Waals surface area contributed by atoms with Crippen molar-refractivity contribution in [1.82, 2.24) is 9.80 Å². The molecule has 0 aliphatic heterocycles. The number of hydrogen-bond donors (Lipinski definition) is 1. The van der Waals surface area contributed by atoms with E-state index in [1.54, 1.807) is 0 Å². The first-order valence-corrected chi connectivity index (χ1v) is 7.07. The van der Waals surface area contributed by atoms with E-state index in [1.165, 1.54) is 0 Å². The van der Waals surface area contributed by atoms with E-state index in [9.17, 15) is 5.11 Å². The normalized spacial score (nSPS) is 14.9. The molecule has 1 N–H and O–H groups in total. The number of rotatable bonds is 8. The third kappa shape index (κ3) is 6.19. The van der Waals surface area contributed by atoms with Crippen LogP contribution in [0.1, 0.15) is 25.0 Å². The van der Waals surface area contributed by atoms with Crippen LogP contribution in [0.15, 0.2) is 30.3 Å². The van der Waals surface area contributed by atoms with Gasteiger partial charge in [-0.1, -0.05) is 37.3 Å². The predicted octanol–water partition coefficient (Wildman–Crippen LogP) is 2.24. The highest BCUT2D eigenvalue weighted by molar-refractivity contribution is 5.17. The summed E-state index contributed by atoms with van der Waals surface area (Å²) < 4.78 is 0. The Balaban J connectivity index is 2.35. The lowest BCUT2D eigenvalue weighted by molar-refractivity contribution is 0.0941. The van der Waals surface area contributed by atoms with Gasteiger partial charge in [0.1, 0.15) is 0 Å². The van der Waals surface area contributed by atoms with Gasteiger partial charge in [-0.05, 0) is 52.1 Å². The fraction of sp³-hybridized carbons (Fsp3) is 0.625. The first-order chi connectivity index (χ1) is 9.00. The molecule has 1 aromatic carbocycles. The largest absolute Gasteiger partial charge is 0.388 e. The van der Waals surface area contributed by atoms with Gasteiger partial charge in [-0.3, -0.25) is 0 Å². The fourth-order valence-corrected chi connectivity index (χ4v) is 2.32. The molecule has 0 amide bonds. The van der Waals surface area contributed by atoms with Crippen LogP contribution in [-0.2, 0) is 0 Å². The maximum Gasteiger partial charge on any atom is 0.0827 e. The molecule has 1 aromatic rings. The highest BCUT2D eigenvalue weighted by atomic mass is 16.3. The number of hydrogen-bond acceptors (Lipinski definition) is 3. The Kier molecular flexibility index (Phi) is 7.06. The van der Waals surface area contributed by atoms with Gasteiger partial charge in [-0.25, -0.2) is 0 Å².